The van der Waals surface area contributed by atoms with E-state index < -0.39 is 0 Å². The summed E-state index contributed by atoms with van der Waals surface area (Å²) in [7, 11) is 2.01. The molecule has 17 heavy (non-hydrogen) atoms. The maximum atomic E-state index is 7.30. The minimum Gasteiger partial charge on any atom is -0.388 e. The molecule has 1 unspecified atom stereocenters. The van der Waals surface area contributed by atoms with Crippen LogP contribution >= 0.6 is 0 Å². The summed E-state index contributed by atoms with van der Waals surface area (Å²) in [5.41, 5.74) is 5.41. The van der Waals surface area contributed by atoms with Crippen molar-refractivity contribution < 1.29 is 0 Å². The fourth-order valence-corrected chi connectivity index (χ4v) is 1.67. The lowest BCUT2D eigenvalue weighted by Gasteiger charge is -2.24. The first-order chi connectivity index (χ1) is 7.91. The Morgan fingerprint density at radius 3 is 2.71 bits per heavy atom. The Labute approximate surface area is 102 Å². The average molecular weight is 238 g/mol. The van der Waals surface area contributed by atoms with Gasteiger partial charge in [0, 0.05) is 18.5 Å². The largest absolute Gasteiger partial charge is 0.388 e. The van der Waals surface area contributed by atoms with Gasteiger partial charge in [0.2, 0.25) is 0 Å². The van der Waals surface area contributed by atoms with E-state index in [4.69, 9.17) is 11.1 Å². The monoisotopic (exact) mass is 238 g/mol. The van der Waals surface area contributed by atoms with Crippen molar-refractivity contribution in [3.8, 4) is 0 Å². The number of hydrogen-bond donors (Lipinski definition) is 2. The summed E-state index contributed by atoms with van der Waals surface area (Å²) < 4.78 is 1.91. The van der Waals surface area contributed by atoms with Crippen LogP contribution in [0.4, 0.5) is 0 Å². The van der Waals surface area contributed by atoms with Crippen molar-refractivity contribution >= 4 is 5.84 Å². The number of hydrogen-bond acceptors (Lipinski definition) is 4. The lowest BCUT2D eigenvalue weighted by molar-refractivity contribution is 0.241. The fraction of sp³-hybridized carbons (Fsp3) is 0.727. The Balaban J connectivity index is 2.64. The molecule has 0 spiro atoms. The maximum Gasteiger partial charge on any atom is 0.141 e. The fourth-order valence-electron chi connectivity index (χ4n) is 1.67. The Morgan fingerprint density at radius 1 is 1.53 bits per heavy atom. The van der Waals surface area contributed by atoms with Gasteiger partial charge in [-0.3, -0.25) is 10.3 Å². The molecule has 6 heteroatoms. The van der Waals surface area contributed by atoms with E-state index in [1.807, 2.05) is 11.7 Å². The van der Waals surface area contributed by atoms with Crippen LogP contribution in [0.15, 0.2) is 6.33 Å². The zero-order valence-corrected chi connectivity index (χ0v) is 11.0. The molecule has 96 valence electrons. The highest BCUT2D eigenvalue weighted by atomic mass is 15.4. The first-order valence-electron chi connectivity index (χ1n) is 5.83. The van der Waals surface area contributed by atoms with Crippen LogP contribution in [0.5, 0.6) is 0 Å². The quantitative estimate of drug-likeness (QED) is 0.572. The summed E-state index contributed by atoms with van der Waals surface area (Å²) in [4.78, 5) is 6.39. The molecule has 0 amide bonds. The summed E-state index contributed by atoms with van der Waals surface area (Å²) in [6.45, 7) is 6.93. The first-order valence-corrected chi connectivity index (χ1v) is 5.83. The van der Waals surface area contributed by atoms with E-state index in [-0.39, 0.29) is 11.9 Å². The molecule has 0 bridgehead atoms. The number of amidine groups is 1. The predicted octanol–water partition coefficient (Wildman–Crippen LogP) is 1.01. The minimum atomic E-state index is 0.217. The molecule has 1 heterocycles. The highest BCUT2D eigenvalue weighted by molar-refractivity contribution is 5.77. The maximum absolute atomic E-state index is 7.30. The standard InChI is InChI=1S/C11H22N6/c1-8(2)17-11(14-7-15-17)6-16(4)9(3)5-10(12)13/h7-9H,5-6H2,1-4H3,(H3,12,13). The van der Waals surface area contributed by atoms with Crippen LogP contribution in [0.2, 0.25) is 0 Å². The second-order valence-corrected chi connectivity index (χ2v) is 4.71. The number of aromatic nitrogens is 3. The highest BCUT2D eigenvalue weighted by Crippen LogP contribution is 2.10. The molecule has 1 rings (SSSR count). The van der Waals surface area contributed by atoms with Crippen molar-refractivity contribution in [3.63, 3.8) is 0 Å². The topological polar surface area (TPSA) is 83.8 Å². The second kappa shape index (κ2) is 5.77. The average Bonchev–Trinajstić information content (AvgIpc) is 2.64. The van der Waals surface area contributed by atoms with Crippen LogP contribution in [0, 0.1) is 5.41 Å². The lowest BCUT2D eigenvalue weighted by Crippen LogP contribution is -2.33. The van der Waals surface area contributed by atoms with Gasteiger partial charge >= 0.3 is 0 Å². The van der Waals surface area contributed by atoms with Gasteiger partial charge in [-0.25, -0.2) is 9.67 Å². The molecule has 3 N–H and O–H groups in total. The highest BCUT2D eigenvalue weighted by Gasteiger charge is 2.15. The molecule has 0 radical (unpaired) electrons. The smallest absolute Gasteiger partial charge is 0.141 e. The molecule has 0 saturated heterocycles. The molecular weight excluding hydrogens is 216 g/mol. The zero-order valence-electron chi connectivity index (χ0n) is 11.0. The van der Waals surface area contributed by atoms with Gasteiger partial charge in [-0.1, -0.05) is 0 Å². The SMILES string of the molecule is CC(CC(=N)N)N(C)Cc1ncnn1C(C)C. The first kappa shape index (κ1) is 13.6. The van der Waals surface area contributed by atoms with Crippen molar-refractivity contribution in [2.75, 3.05) is 7.05 Å². The van der Waals surface area contributed by atoms with E-state index in [2.05, 4.69) is 35.8 Å². The normalized spacial score (nSPS) is 13.3. The molecule has 1 aromatic rings. The summed E-state index contributed by atoms with van der Waals surface area (Å²) in [5.74, 6) is 1.16. The number of nitrogens with two attached hydrogens (primary N) is 1. The van der Waals surface area contributed by atoms with Gasteiger partial charge in [0.25, 0.3) is 0 Å². The summed E-state index contributed by atoms with van der Waals surface area (Å²) in [6.07, 6.45) is 2.16. The lowest BCUT2D eigenvalue weighted by atomic mass is 10.2. The van der Waals surface area contributed by atoms with E-state index in [1.165, 1.54) is 0 Å². The van der Waals surface area contributed by atoms with Crippen molar-refractivity contribution in [3.05, 3.63) is 12.2 Å². The molecule has 1 aromatic heterocycles. The van der Waals surface area contributed by atoms with Gasteiger partial charge in [-0.05, 0) is 27.8 Å². The van der Waals surface area contributed by atoms with Crippen molar-refractivity contribution in [2.24, 2.45) is 5.73 Å². The Kier molecular flexibility index (Phi) is 4.62. The molecule has 1 atom stereocenters. The number of rotatable bonds is 6. The van der Waals surface area contributed by atoms with Crippen LogP contribution in [-0.2, 0) is 6.54 Å². The van der Waals surface area contributed by atoms with Gasteiger partial charge in [-0.2, -0.15) is 5.10 Å². The van der Waals surface area contributed by atoms with Crippen molar-refractivity contribution in [1.29, 1.82) is 5.41 Å². The van der Waals surface area contributed by atoms with E-state index in [0.29, 0.717) is 19.0 Å². The van der Waals surface area contributed by atoms with E-state index in [1.54, 1.807) is 6.33 Å². The van der Waals surface area contributed by atoms with Crippen LogP contribution in [-0.4, -0.2) is 38.6 Å². The van der Waals surface area contributed by atoms with Gasteiger partial charge in [0.15, 0.2) is 0 Å². The molecular formula is C11H22N6. The Bertz CT molecular complexity index is 370. The molecule has 6 nitrogen and oxygen atoms in total. The van der Waals surface area contributed by atoms with Crippen LogP contribution < -0.4 is 5.73 Å². The van der Waals surface area contributed by atoms with Crippen LogP contribution in [0.3, 0.4) is 0 Å². The zero-order chi connectivity index (χ0) is 13.0. The van der Waals surface area contributed by atoms with Crippen LogP contribution in [0.1, 0.15) is 39.1 Å². The van der Waals surface area contributed by atoms with Gasteiger partial charge in [-0.15, -0.1) is 0 Å². The van der Waals surface area contributed by atoms with Gasteiger partial charge in [0.05, 0.1) is 12.4 Å². The summed E-state index contributed by atoms with van der Waals surface area (Å²) in [5, 5.41) is 11.5. The molecule has 0 aromatic carbocycles. The third-order valence-electron chi connectivity index (χ3n) is 2.79. The van der Waals surface area contributed by atoms with Crippen LogP contribution in [0.25, 0.3) is 0 Å². The molecule has 0 aliphatic rings. The third kappa shape index (κ3) is 3.81. The second-order valence-electron chi connectivity index (χ2n) is 4.71. The molecule has 0 aliphatic carbocycles. The van der Waals surface area contributed by atoms with E-state index in [0.717, 1.165) is 5.82 Å². The van der Waals surface area contributed by atoms with Gasteiger partial charge < -0.3 is 5.73 Å². The summed E-state index contributed by atoms with van der Waals surface area (Å²) >= 11 is 0. The predicted molar refractivity (Wildman–Crippen MR) is 67.9 cm³/mol. The van der Waals surface area contributed by atoms with Crippen molar-refractivity contribution in [2.45, 2.75) is 45.8 Å². The molecule has 0 aliphatic heterocycles. The molecule has 0 fully saturated rings. The Morgan fingerprint density at radius 2 is 2.18 bits per heavy atom. The van der Waals surface area contributed by atoms with E-state index >= 15 is 0 Å². The molecule has 0 saturated carbocycles. The summed E-state index contributed by atoms with van der Waals surface area (Å²) in [6, 6.07) is 0.536. The number of nitrogens with one attached hydrogen (secondary N) is 1. The minimum absolute atomic E-state index is 0.217. The van der Waals surface area contributed by atoms with E-state index in [9.17, 15) is 0 Å². The third-order valence-corrected chi connectivity index (χ3v) is 2.79. The Hall–Kier alpha value is -1.43. The number of nitrogens with zero attached hydrogens (tertiary/aromatic N) is 4. The van der Waals surface area contributed by atoms with Gasteiger partial charge in [0.1, 0.15) is 12.2 Å². The van der Waals surface area contributed by atoms with Crippen molar-refractivity contribution in [1.82, 2.24) is 19.7 Å².